The minimum absolute atomic E-state index is 0.0963. The predicted molar refractivity (Wildman–Crippen MR) is 141 cm³/mol. The molecular formula is C29H32N4O3. The Bertz CT molecular complexity index is 1100. The van der Waals surface area contributed by atoms with E-state index in [4.69, 9.17) is 0 Å². The Morgan fingerprint density at radius 1 is 0.583 bits per heavy atom. The molecule has 0 unspecified atom stereocenters. The molecule has 3 aromatic rings. The van der Waals surface area contributed by atoms with Crippen LogP contribution < -0.4 is 9.80 Å². The fraction of sp³-hybridized carbons (Fsp3) is 0.310. The number of anilines is 2. The molecule has 0 aromatic heterocycles. The van der Waals surface area contributed by atoms with Crippen molar-refractivity contribution in [2.24, 2.45) is 0 Å². The smallest absolute Gasteiger partial charge is 0.254 e. The number of aliphatic hydroxyl groups is 1. The van der Waals surface area contributed by atoms with Crippen molar-refractivity contribution in [1.82, 2.24) is 9.80 Å². The Morgan fingerprint density at radius 2 is 0.972 bits per heavy atom. The highest BCUT2D eigenvalue weighted by atomic mass is 16.3. The van der Waals surface area contributed by atoms with Gasteiger partial charge in [-0.3, -0.25) is 9.59 Å². The summed E-state index contributed by atoms with van der Waals surface area (Å²) in [5, 5.41) is 9.83. The van der Waals surface area contributed by atoms with Gasteiger partial charge < -0.3 is 24.7 Å². The molecule has 2 fully saturated rings. The highest BCUT2D eigenvalue weighted by Crippen LogP contribution is 2.21. The van der Waals surface area contributed by atoms with Crippen molar-refractivity contribution < 1.29 is 14.7 Å². The van der Waals surface area contributed by atoms with Crippen LogP contribution in [0.25, 0.3) is 0 Å². The van der Waals surface area contributed by atoms with Crippen molar-refractivity contribution in [2.75, 3.05) is 62.2 Å². The second-order valence-electron chi connectivity index (χ2n) is 9.31. The third-order valence-corrected chi connectivity index (χ3v) is 7.05. The maximum Gasteiger partial charge on any atom is 0.254 e. The molecule has 36 heavy (non-hydrogen) atoms. The molecule has 0 aliphatic carbocycles. The number of rotatable bonds is 5. The molecule has 0 saturated carbocycles. The normalized spacial score (nSPS) is 16.2. The number of piperazine rings is 2. The van der Waals surface area contributed by atoms with Crippen molar-refractivity contribution in [3.63, 3.8) is 0 Å². The van der Waals surface area contributed by atoms with Crippen molar-refractivity contribution in [1.29, 1.82) is 0 Å². The van der Waals surface area contributed by atoms with Crippen molar-refractivity contribution in [3.8, 4) is 0 Å². The van der Waals surface area contributed by atoms with E-state index >= 15 is 0 Å². The average molecular weight is 485 g/mol. The molecular weight excluding hydrogens is 452 g/mol. The lowest BCUT2D eigenvalue weighted by atomic mass is 10.0. The topological polar surface area (TPSA) is 67.3 Å². The monoisotopic (exact) mass is 484 g/mol. The Morgan fingerprint density at radius 3 is 1.33 bits per heavy atom. The van der Waals surface area contributed by atoms with E-state index in [1.54, 1.807) is 18.2 Å². The van der Waals surface area contributed by atoms with Gasteiger partial charge in [0.1, 0.15) is 0 Å². The van der Waals surface area contributed by atoms with Gasteiger partial charge in [0.2, 0.25) is 0 Å². The molecule has 0 atom stereocenters. The van der Waals surface area contributed by atoms with Gasteiger partial charge in [0.25, 0.3) is 11.8 Å². The summed E-state index contributed by atoms with van der Waals surface area (Å²) in [4.78, 5) is 34.9. The highest BCUT2D eigenvalue weighted by Gasteiger charge is 2.26. The summed E-state index contributed by atoms with van der Waals surface area (Å²) in [5.74, 6) is -0.193. The van der Waals surface area contributed by atoms with Crippen LogP contribution in [-0.2, 0) is 6.61 Å². The number of amides is 2. The van der Waals surface area contributed by atoms with Gasteiger partial charge in [0.05, 0.1) is 6.61 Å². The van der Waals surface area contributed by atoms with E-state index in [0.717, 1.165) is 37.6 Å². The number of hydrogen-bond acceptors (Lipinski definition) is 5. The van der Waals surface area contributed by atoms with Gasteiger partial charge >= 0.3 is 0 Å². The summed E-state index contributed by atoms with van der Waals surface area (Å²) in [6, 6.07) is 25.5. The van der Waals surface area contributed by atoms with Crippen LogP contribution in [0, 0.1) is 0 Å². The largest absolute Gasteiger partial charge is 0.392 e. The SMILES string of the molecule is O=C(c1cc(CO)cc(C(=O)N2CCN(c3ccccc3)CC2)c1)N1CCN(c2ccccc2)CC1. The standard InChI is InChI=1S/C29H32N4O3/c34-22-23-19-24(28(35)32-15-11-30(12-16-32)26-7-3-1-4-8-26)21-25(20-23)29(36)33-17-13-31(14-18-33)27-9-5-2-6-10-27/h1-10,19-21,34H,11-18,22H2. The first-order valence-corrected chi connectivity index (χ1v) is 12.6. The second kappa shape index (κ2) is 10.8. The molecule has 0 spiro atoms. The van der Waals surface area contributed by atoms with Gasteiger partial charge in [-0.05, 0) is 48.0 Å². The number of aliphatic hydroxyl groups excluding tert-OH is 1. The molecule has 2 amide bonds. The van der Waals surface area contributed by atoms with Gasteiger partial charge in [0, 0.05) is 74.9 Å². The summed E-state index contributed by atoms with van der Waals surface area (Å²) >= 11 is 0. The molecule has 0 bridgehead atoms. The van der Waals surface area contributed by atoms with E-state index in [9.17, 15) is 14.7 Å². The number of hydrogen-bond donors (Lipinski definition) is 1. The van der Waals surface area contributed by atoms with Gasteiger partial charge in [0.15, 0.2) is 0 Å². The number of para-hydroxylation sites is 2. The number of carbonyl (C=O) groups is 2. The summed E-state index contributed by atoms with van der Waals surface area (Å²) in [6.45, 7) is 5.26. The zero-order valence-corrected chi connectivity index (χ0v) is 20.4. The summed E-state index contributed by atoms with van der Waals surface area (Å²) in [6.07, 6.45) is 0. The third-order valence-electron chi connectivity index (χ3n) is 7.05. The van der Waals surface area contributed by atoms with E-state index in [1.807, 2.05) is 46.2 Å². The lowest BCUT2D eigenvalue weighted by Crippen LogP contribution is -2.49. The van der Waals surface area contributed by atoms with E-state index in [1.165, 1.54) is 0 Å². The molecule has 0 radical (unpaired) electrons. The van der Waals surface area contributed by atoms with E-state index in [0.29, 0.717) is 42.9 Å². The molecule has 2 heterocycles. The van der Waals surface area contributed by atoms with Gasteiger partial charge in [-0.15, -0.1) is 0 Å². The second-order valence-corrected chi connectivity index (χ2v) is 9.31. The lowest BCUT2D eigenvalue weighted by Gasteiger charge is -2.37. The quantitative estimate of drug-likeness (QED) is 0.603. The van der Waals surface area contributed by atoms with Crippen LogP contribution in [0.5, 0.6) is 0 Å². The molecule has 1 N–H and O–H groups in total. The minimum atomic E-state index is -0.217. The fourth-order valence-electron chi connectivity index (χ4n) is 5.01. The zero-order chi connectivity index (χ0) is 24.9. The number of benzene rings is 3. The van der Waals surface area contributed by atoms with Crippen LogP contribution in [0.4, 0.5) is 11.4 Å². The number of nitrogens with zero attached hydrogens (tertiary/aromatic N) is 4. The third kappa shape index (κ3) is 5.21. The maximum absolute atomic E-state index is 13.4. The van der Waals surface area contributed by atoms with Crippen LogP contribution in [0.15, 0.2) is 78.9 Å². The molecule has 2 saturated heterocycles. The number of carbonyl (C=O) groups excluding carboxylic acids is 2. The lowest BCUT2D eigenvalue weighted by molar-refractivity contribution is 0.0745. The summed E-state index contributed by atoms with van der Waals surface area (Å²) in [5.41, 5.74) is 3.82. The van der Waals surface area contributed by atoms with Crippen molar-refractivity contribution >= 4 is 23.2 Å². The zero-order valence-electron chi connectivity index (χ0n) is 20.4. The van der Waals surface area contributed by atoms with Gasteiger partial charge in [-0.2, -0.15) is 0 Å². The average Bonchev–Trinajstić information content (AvgIpc) is 2.97. The molecule has 5 rings (SSSR count). The predicted octanol–water partition coefficient (Wildman–Crippen LogP) is 3.10. The molecule has 3 aromatic carbocycles. The molecule has 2 aliphatic heterocycles. The van der Waals surface area contributed by atoms with Gasteiger partial charge in [-0.1, -0.05) is 36.4 Å². The Hall–Kier alpha value is -3.84. The molecule has 186 valence electrons. The minimum Gasteiger partial charge on any atom is -0.392 e. The fourth-order valence-corrected chi connectivity index (χ4v) is 5.01. The van der Waals surface area contributed by atoms with E-state index in [2.05, 4.69) is 34.1 Å². The molecule has 7 heteroatoms. The van der Waals surface area contributed by atoms with Crippen LogP contribution in [0.2, 0.25) is 0 Å². The van der Waals surface area contributed by atoms with Crippen LogP contribution in [-0.4, -0.2) is 79.1 Å². The first kappa shape index (κ1) is 23.9. The first-order valence-electron chi connectivity index (χ1n) is 12.6. The summed E-state index contributed by atoms with van der Waals surface area (Å²) in [7, 11) is 0. The van der Waals surface area contributed by atoms with Crippen molar-refractivity contribution in [3.05, 3.63) is 95.6 Å². The van der Waals surface area contributed by atoms with E-state index < -0.39 is 0 Å². The Balaban J connectivity index is 1.25. The van der Waals surface area contributed by atoms with Crippen LogP contribution >= 0.6 is 0 Å². The van der Waals surface area contributed by atoms with Gasteiger partial charge in [-0.25, -0.2) is 0 Å². The maximum atomic E-state index is 13.4. The molecule has 7 nitrogen and oxygen atoms in total. The summed E-state index contributed by atoms with van der Waals surface area (Å²) < 4.78 is 0. The van der Waals surface area contributed by atoms with Crippen LogP contribution in [0.3, 0.4) is 0 Å². The first-order chi connectivity index (χ1) is 17.6. The van der Waals surface area contributed by atoms with Crippen LogP contribution in [0.1, 0.15) is 26.3 Å². The molecule has 2 aliphatic rings. The highest BCUT2D eigenvalue weighted by molar-refractivity contribution is 6.00. The van der Waals surface area contributed by atoms with Crippen molar-refractivity contribution in [2.45, 2.75) is 6.61 Å². The Kier molecular flexibility index (Phi) is 7.18. The van der Waals surface area contributed by atoms with E-state index in [-0.39, 0.29) is 18.4 Å². The Labute approximate surface area is 212 Å².